The topological polar surface area (TPSA) is 37.3 Å². The number of carboxylic acids is 1. The second-order valence-corrected chi connectivity index (χ2v) is 2.88. The van der Waals surface area contributed by atoms with Crippen LogP contribution in [0.15, 0.2) is 24.0 Å². The van der Waals surface area contributed by atoms with Gasteiger partial charge in [-0.2, -0.15) is 4.39 Å². The summed E-state index contributed by atoms with van der Waals surface area (Å²) in [5, 5.41) is 8.10. The first-order valence-electron chi connectivity index (χ1n) is 3.56. The average molecular weight is 219 g/mol. The Balaban J connectivity index is 3.04. The van der Waals surface area contributed by atoms with Crippen LogP contribution >= 0.6 is 11.6 Å². The first-order valence-corrected chi connectivity index (χ1v) is 3.94. The van der Waals surface area contributed by atoms with Gasteiger partial charge in [-0.15, -0.1) is 0 Å². The molecule has 0 saturated carbocycles. The van der Waals surface area contributed by atoms with Crippen molar-refractivity contribution in [3.8, 4) is 0 Å². The lowest BCUT2D eigenvalue weighted by Gasteiger charge is -1.96. The number of benzene rings is 1. The largest absolute Gasteiger partial charge is 0.476 e. The van der Waals surface area contributed by atoms with Gasteiger partial charge in [0, 0.05) is 0 Å². The molecule has 1 aromatic rings. The highest BCUT2D eigenvalue weighted by atomic mass is 35.5. The Hall–Kier alpha value is -1.42. The van der Waals surface area contributed by atoms with E-state index < -0.39 is 17.6 Å². The standard InChI is InChI=1S/C9H5ClF2O2/c10-6-2-1-5(3-7(6)11)4-8(12)9(13)14/h1-4H,(H,13,14). The zero-order chi connectivity index (χ0) is 10.7. The molecule has 0 fully saturated rings. The maximum absolute atomic E-state index is 12.8. The molecule has 0 aliphatic rings. The van der Waals surface area contributed by atoms with Crippen LogP contribution in [0.2, 0.25) is 5.02 Å². The molecule has 5 heteroatoms. The lowest BCUT2D eigenvalue weighted by Crippen LogP contribution is -1.94. The zero-order valence-electron chi connectivity index (χ0n) is 6.80. The first kappa shape index (κ1) is 10.7. The summed E-state index contributed by atoms with van der Waals surface area (Å²) in [6, 6.07) is 3.48. The molecule has 0 spiro atoms. The molecule has 1 N–H and O–H groups in total. The van der Waals surface area contributed by atoms with Gasteiger partial charge in [-0.05, 0) is 23.8 Å². The normalized spacial score (nSPS) is 11.5. The van der Waals surface area contributed by atoms with Crippen LogP contribution in [0, 0.1) is 5.82 Å². The predicted octanol–water partition coefficient (Wildman–Crippen LogP) is 2.87. The van der Waals surface area contributed by atoms with Gasteiger partial charge in [0.05, 0.1) is 5.02 Å². The fourth-order valence-electron chi connectivity index (χ4n) is 0.810. The third-order valence-electron chi connectivity index (χ3n) is 1.44. The molecule has 0 amide bonds. The van der Waals surface area contributed by atoms with Crippen molar-refractivity contribution >= 4 is 23.6 Å². The van der Waals surface area contributed by atoms with E-state index in [4.69, 9.17) is 16.7 Å². The molecule has 0 aromatic heterocycles. The minimum absolute atomic E-state index is 0.0992. The maximum atomic E-state index is 12.8. The van der Waals surface area contributed by atoms with E-state index >= 15 is 0 Å². The number of carboxylic acid groups (broad SMARTS) is 1. The van der Waals surface area contributed by atoms with Gasteiger partial charge in [-0.3, -0.25) is 0 Å². The van der Waals surface area contributed by atoms with E-state index in [0.29, 0.717) is 6.08 Å². The summed E-state index contributed by atoms with van der Waals surface area (Å²) in [4.78, 5) is 10.1. The highest BCUT2D eigenvalue weighted by Gasteiger charge is 2.06. The fourth-order valence-corrected chi connectivity index (χ4v) is 0.928. The summed E-state index contributed by atoms with van der Waals surface area (Å²) in [6.45, 7) is 0. The molecule has 74 valence electrons. The second kappa shape index (κ2) is 4.19. The summed E-state index contributed by atoms with van der Waals surface area (Å²) in [6.07, 6.45) is 0.710. The molecule has 0 heterocycles. The van der Waals surface area contributed by atoms with Crippen molar-refractivity contribution in [2.45, 2.75) is 0 Å². The van der Waals surface area contributed by atoms with Gasteiger partial charge in [-0.25, -0.2) is 9.18 Å². The monoisotopic (exact) mass is 218 g/mol. The summed E-state index contributed by atoms with van der Waals surface area (Å²) in [5.74, 6) is -3.77. The third-order valence-corrected chi connectivity index (χ3v) is 1.75. The first-order chi connectivity index (χ1) is 6.50. The van der Waals surface area contributed by atoms with E-state index in [1.165, 1.54) is 12.1 Å². The Labute approximate surface area is 83.4 Å². The van der Waals surface area contributed by atoms with Gasteiger partial charge in [0.1, 0.15) is 5.82 Å². The van der Waals surface area contributed by atoms with Gasteiger partial charge in [-0.1, -0.05) is 17.7 Å². The van der Waals surface area contributed by atoms with Gasteiger partial charge in [0.2, 0.25) is 5.83 Å². The third kappa shape index (κ3) is 2.53. The van der Waals surface area contributed by atoms with E-state index in [0.717, 1.165) is 6.07 Å². The zero-order valence-corrected chi connectivity index (χ0v) is 7.55. The van der Waals surface area contributed by atoms with Crippen molar-refractivity contribution in [3.63, 3.8) is 0 Å². The molecule has 2 nitrogen and oxygen atoms in total. The van der Waals surface area contributed by atoms with Gasteiger partial charge in [0.15, 0.2) is 0 Å². The highest BCUT2D eigenvalue weighted by molar-refractivity contribution is 6.30. The lowest BCUT2D eigenvalue weighted by atomic mass is 10.2. The molecule has 0 unspecified atom stereocenters. The SMILES string of the molecule is O=C(O)C(F)=Cc1ccc(Cl)c(F)c1. The van der Waals surface area contributed by atoms with Crippen LogP contribution in [-0.2, 0) is 4.79 Å². The van der Waals surface area contributed by atoms with Crippen molar-refractivity contribution < 1.29 is 18.7 Å². The number of carbonyl (C=O) groups is 1. The lowest BCUT2D eigenvalue weighted by molar-refractivity contribution is -0.134. The van der Waals surface area contributed by atoms with Crippen molar-refractivity contribution in [3.05, 3.63) is 40.4 Å². The van der Waals surface area contributed by atoms with Crippen molar-refractivity contribution in [2.75, 3.05) is 0 Å². The molecule has 14 heavy (non-hydrogen) atoms. The molecule has 0 atom stereocenters. The van der Waals surface area contributed by atoms with Crippen LogP contribution < -0.4 is 0 Å². The maximum Gasteiger partial charge on any atom is 0.364 e. The molecule has 0 aliphatic carbocycles. The Kier molecular flexibility index (Phi) is 3.19. The number of aliphatic carboxylic acids is 1. The van der Waals surface area contributed by atoms with Crippen molar-refractivity contribution in [1.29, 1.82) is 0 Å². The predicted molar refractivity (Wildman–Crippen MR) is 48.1 cm³/mol. The molecular formula is C9H5ClF2O2. The summed E-state index contributed by atoms with van der Waals surface area (Å²) >= 11 is 5.37. The van der Waals surface area contributed by atoms with Gasteiger partial charge in [0.25, 0.3) is 0 Å². The van der Waals surface area contributed by atoms with Crippen molar-refractivity contribution in [2.24, 2.45) is 0 Å². The molecule has 0 saturated heterocycles. The van der Waals surface area contributed by atoms with Crippen LogP contribution in [0.1, 0.15) is 5.56 Å². The van der Waals surface area contributed by atoms with Crippen LogP contribution in [-0.4, -0.2) is 11.1 Å². The summed E-state index contributed by atoms with van der Waals surface area (Å²) in [5.41, 5.74) is 0.104. The van der Waals surface area contributed by atoms with Crippen LogP contribution in [0.25, 0.3) is 6.08 Å². The Morgan fingerprint density at radius 3 is 2.64 bits per heavy atom. The number of hydrogen-bond acceptors (Lipinski definition) is 1. The Morgan fingerprint density at radius 1 is 1.50 bits per heavy atom. The second-order valence-electron chi connectivity index (χ2n) is 2.47. The molecule has 0 radical (unpaired) electrons. The highest BCUT2D eigenvalue weighted by Crippen LogP contribution is 2.17. The van der Waals surface area contributed by atoms with E-state index in [1.807, 2.05) is 0 Å². The minimum atomic E-state index is -1.69. The molecular weight excluding hydrogens is 214 g/mol. The summed E-state index contributed by atoms with van der Waals surface area (Å²) < 4.78 is 25.3. The summed E-state index contributed by atoms with van der Waals surface area (Å²) in [7, 11) is 0. The molecule has 1 rings (SSSR count). The Bertz CT molecular complexity index is 402. The number of rotatable bonds is 2. The van der Waals surface area contributed by atoms with E-state index in [9.17, 15) is 13.6 Å². The fraction of sp³-hybridized carbons (Fsp3) is 0. The average Bonchev–Trinajstić information content (AvgIpc) is 2.11. The number of halogens is 3. The molecule has 0 aliphatic heterocycles. The van der Waals surface area contributed by atoms with E-state index in [2.05, 4.69) is 0 Å². The van der Waals surface area contributed by atoms with E-state index in [-0.39, 0.29) is 10.6 Å². The molecule has 0 bridgehead atoms. The van der Waals surface area contributed by atoms with E-state index in [1.54, 1.807) is 0 Å². The van der Waals surface area contributed by atoms with Gasteiger partial charge >= 0.3 is 5.97 Å². The van der Waals surface area contributed by atoms with Crippen LogP contribution in [0.3, 0.4) is 0 Å². The van der Waals surface area contributed by atoms with Crippen LogP contribution in [0.4, 0.5) is 8.78 Å². The number of hydrogen-bond donors (Lipinski definition) is 1. The van der Waals surface area contributed by atoms with Crippen LogP contribution in [0.5, 0.6) is 0 Å². The quantitative estimate of drug-likeness (QED) is 0.775. The Morgan fingerprint density at radius 2 is 2.14 bits per heavy atom. The smallest absolute Gasteiger partial charge is 0.364 e. The van der Waals surface area contributed by atoms with Crippen molar-refractivity contribution in [1.82, 2.24) is 0 Å². The van der Waals surface area contributed by atoms with Gasteiger partial charge < -0.3 is 5.11 Å². The minimum Gasteiger partial charge on any atom is -0.476 e. The molecule has 1 aromatic carbocycles.